The van der Waals surface area contributed by atoms with Crippen molar-refractivity contribution in [2.75, 3.05) is 0 Å². The van der Waals surface area contributed by atoms with Gasteiger partial charge in [0.05, 0.1) is 0 Å². The second-order valence-electron chi connectivity index (χ2n) is 2.26. The summed E-state index contributed by atoms with van der Waals surface area (Å²) in [6, 6.07) is 0. The third-order valence-electron chi connectivity index (χ3n) is 1.24. The van der Waals surface area contributed by atoms with E-state index in [1.54, 1.807) is 11.8 Å². The van der Waals surface area contributed by atoms with E-state index in [0.717, 1.165) is 0 Å². The summed E-state index contributed by atoms with van der Waals surface area (Å²) in [5.41, 5.74) is 0. The van der Waals surface area contributed by atoms with Crippen LogP contribution in [0.1, 0.15) is 27.2 Å². The Morgan fingerprint density at radius 3 is 2.00 bits per heavy atom. The molecule has 0 saturated heterocycles. The molecule has 0 aromatic heterocycles. The normalized spacial score (nSPS) is 12.0. The van der Waals surface area contributed by atoms with Gasteiger partial charge in [-0.25, -0.2) is 0 Å². The van der Waals surface area contributed by atoms with Crippen molar-refractivity contribution in [1.82, 2.24) is 0 Å². The second-order valence-corrected chi connectivity index (χ2v) is 3.65. The van der Waals surface area contributed by atoms with E-state index < -0.39 is 0 Å². The van der Waals surface area contributed by atoms with Crippen LogP contribution in [0.3, 0.4) is 0 Å². The fourth-order valence-corrected chi connectivity index (χ4v) is 0.306. The standard InChI is InChI=1S/C6H13S/c1-5-6(2,3)7-4/h4-5H2,1-3H3. The van der Waals surface area contributed by atoms with Crippen LogP contribution >= 0.6 is 11.8 Å². The molecule has 0 heterocycles. The topological polar surface area (TPSA) is 0 Å². The van der Waals surface area contributed by atoms with E-state index in [4.69, 9.17) is 0 Å². The third kappa shape index (κ3) is 2.98. The van der Waals surface area contributed by atoms with Gasteiger partial charge in [-0.2, -0.15) is 11.8 Å². The zero-order valence-electron chi connectivity index (χ0n) is 5.32. The molecule has 7 heavy (non-hydrogen) atoms. The third-order valence-corrected chi connectivity index (χ3v) is 2.31. The van der Waals surface area contributed by atoms with Crippen LogP contribution in [-0.2, 0) is 0 Å². The Labute approximate surface area is 50.7 Å². The molecular formula is C6H13S. The number of hydrogen-bond donors (Lipinski definition) is 0. The Balaban J connectivity index is 3.36. The fraction of sp³-hybridized carbons (Fsp3) is 0.833. The highest BCUT2D eigenvalue weighted by molar-refractivity contribution is 8.01. The zero-order chi connectivity index (χ0) is 5.91. The molecule has 0 fully saturated rings. The van der Waals surface area contributed by atoms with Crippen molar-refractivity contribution in [1.29, 1.82) is 0 Å². The van der Waals surface area contributed by atoms with Gasteiger partial charge in [0.25, 0.3) is 0 Å². The van der Waals surface area contributed by atoms with Gasteiger partial charge in [-0.1, -0.05) is 20.8 Å². The lowest BCUT2D eigenvalue weighted by Crippen LogP contribution is -2.09. The van der Waals surface area contributed by atoms with E-state index in [2.05, 4.69) is 27.0 Å². The second kappa shape index (κ2) is 2.61. The van der Waals surface area contributed by atoms with Crippen molar-refractivity contribution < 1.29 is 0 Å². The van der Waals surface area contributed by atoms with Gasteiger partial charge in [-0.15, -0.1) is 0 Å². The largest absolute Gasteiger partial charge is 0.155 e. The minimum absolute atomic E-state index is 0.389. The van der Waals surface area contributed by atoms with E-state index in [1.165, 1.54) is 6.42 Å². The summed E-state index contributed by atoms with van der Waals surface area (Å²) < 4.78 is 0.389. The molecular weight excluding hydrogens is 104 g/mol. The highest BCUT2D eigenvalue weighted by Crippen LogP contribution is 2.25. The van der Waals surface area contributed by atoms with Crippen molar-refractivity contribution in [3.63, 3.8) is 0 Å². The molecule has 0 aliphatic heterocycles. The summed E-state index contributed by atoms with van der Waals surface area (Å²) in [5, 5.41) is 0. The number of thioether (sulfide) groups is 1. The minimum Gasteiger partial charge on any atom is -0.155 e. The molecule has 0 spiro atoms. The molecule has 0 aromatic rings. The lowest BCUT2D eigenvalue weighted by molar-refractivity contribution is 0.688. The summed E-state index contributed by atoms with van der Waals surface area (Å²) in [6.45, 7) is 6.58. The summed E-state index contributed by atoms with van der Waals surface area (Å²) in [5.74, 6) is 0. The maximum Gasteiger partial charge on any atom is 0.0101 e. The molecule has 1 heteroatoms. The van der Waals surface area contributed by atoms with Gasteiger partial charge in [0, 0.05) is 11.0 Å². The van der Waals surface area contributed by atoms with Crippen LogP contribution in [0.5, 0.6) is 0 Å². The van der Waals surface area contributed by atoms with Gasteiger partial charge in [0.1, 0.15) is 0 Å². The molecule has 0 saturated carbocycles. The van der Waals surface area contributed by atoms with Crippen molar-refractivity contribution in [3.8, 4) is 0 Å². The summed E-state index contributed by atoms with van der Waals surface area (Å²) in [4.78, 5) is 0. The van der Waals surface area contributed by atoms with Crippen molar-refractivity contribution in [2.24, 2.45) is 0 Å². The van der Waals surface area contributed by atoms with E-state index in [9.17, 15) is 0 Å². The molecule has 0 aliphatic carbocycles. The Morgan fingerprint density at radius 2 is 2.00 bits per heavy atom. The quantitative estimate of drug-likeness (QED) is 0.536. The van der Waals surface area contributed by atoms with Crippen LogP contribution in [0.15, 0.2) is 0 Å². The van der Waals surface area contributed by atoms with Crippen LogP contribution in [0.4, 0.5) is 0 Å². The average molecular weight is 117 g/mol. The summed E-state index contributed by atoms with van der Waals surface area (Å²) in [6.07, 6.45) is 4.94. The molecule has 0 aromatic carbocycles. The summed E-state index contributed by atoms with van der Waals surface area (Å²) >= 11 is 1.68. The fourth-order valence-electron chi connectivity index (χ4n) is 0.102. The van der Waals surface area contributed by atoms with Crippen molar-refractivity contribution in [3.05, 3.63) is 6.26 Å². The van der Waals surface area contributed by atoms with Crippen molar-refractivity contribution in [2.45, 2.75) is 31.9 Å². The lowest BCUT2D eigenvalue weighted by Gasteiger charge is -2.17. The maximum absolute atomic E-state index is 3.74. The van der Waals surface area contributed by atoms with Gasteiger partial charge < -0.3 is 0 Å². The Hall–Kier alpha value is 0.350. The molecule has 43 valence electrons. The van der Waals surface area contributed by atoms with Gasteiger partial charge in [0.2, 0.25) is 0 Å². The molecule has 0 atom stereocenters. The van der Waals surface area contributed by atoms with Crippen LogP contribution in [0, 0.1) is 6.26 Å². The molecule has 0 bridgehead atoms. The van der Waals surface area contributed by atoms with E-state index in [1.807, 2.05) is 0 Å². The molecule has 1 radical (unpaired) electrons. The van der Waals surface area contributed by atoms with E-state index >= 15 is 0 Å². The first kappa shape index (κ1) is 7.35. The van der Waals surface area contributed by atoms with Crippen molar-refractivity contribution >= 4 is 11.8 Å². The van der Waals surface area contributed by atoms with Crippen LogP contribution in [-0.4, -0.2) is 4.75 Å². The monoisotopic (exact) mass is 117 g/mol. The molecule has 0 nitrogen and oxygen atoms in total. The Kier molecular flexibility index (Phi) is 2.74. The molecule has 0 rings (SSSR count). The Bertz CT molecular complexity index is 42.1. The van der Waals surface area contributed by atoms with Crippen LogP contribution < -0.4 is 0 Å². The first-order chi connectivity index (χ1) is 3.12. The maximum atomic E-state index is 3.74. The first-order valence-corrected chi connectivity index (χ1v) is 3.54. The average Bonchev–Trinajstić information content (AvgIpc) is 1.68. The highest BCUT2D eigenvalue weighted by atomic mass is 32.2. The highest BCUT2D eigenvalue weighted by Gasteiger charge is 2.10. The molecule has 0 unspecified atom stereocenters. The van der Waals surface area contributed by atoms with Gasteiger partial charge in [-0.3, -0.25) is 0 Å². The SMILES string of the molecule is [CH2]SC(C)(C)CC. The predicted molar refractivity (Wildman–Crippen MR) is 37.3 cm³/mol. The lowest BCUT2D eigenvalue weighted by atomic mass is 10.1. The first-order valence-electron chi connectivity index (χ1n) is 2.55. The minimum atomic E-state index is 0.389. The van der Waals surface area contributed by atoms with E-state index in [0.29, 0.717) is 4.75 Å². The zero-order valence-corrected chi connectivity index (χ0v) is 6.14. The Morgan fingerprint density at radius 1 is 1.57 bits per heavy atom. The molecule has 0 aliphatic rings. The molecule has 0 amide bonds. The van der Waals surface area contributed by atoms with Gasteiger partial charge >= 0.3 is 0 Å². The van der Waals surface area contributed by atoms with Crippen LogP contribution in [0.25, 0.3) is 0 Å². The summed E-state index contributed by atoms with van der Waals surface area (Å²) in [7, 11) is 0. The smallest absolute Gasteiger partial charge is 0.0101 e. The molecule has 0 N–H and O–H groups in total. The van der Waals surface area contributed by atoms with Crippen LogP contribution in [0.2, 0.25) is 0 Å². The predicted octanol–water partition coefficient (Wildman–Crippen LogP) is 2.70. The van der Waals surface area contributed by atoms with Gasteiger partial charge in [0.15, 0.2) is 0 Å². The van der Waals surface area contributed by atoms with Gasteiger partial charge in [-0.05, 0) is 6.42 Å². The number of rotatable bonds is 2. The van der Waals surface area contributed by atoms with E-state index in [-0.39, 0.29) is 0 Å². The number of hydrogen-bond acceptors (Lipinski definition) is 1.